The number of rotatable bonds is 6. The Morgan fingerprint density at radius 3 is 2.79 bits per heavy atom. The number of nitrogens with zero attached hydrogens (tertiary/aromatic N) is 2. The van der Waals surface area contributed by atoms with Crippen LogP contribution in [-0.2, 0) is 4.74 Å². The van der Waals surface area contributed by atoms with E-state index in [-0.39, 0.29) is 0 Å². The third-order valence-electron chi connectivity index (χ3n) is 5.20. The molecule has 0 aromatic heterocycles. The zero-order valence-electron chi connectivity index (χ0n) is 12.5. The highest BCUT2D eigenvalue weighted by atomic mass is 16.5. The van der Waals surface area contributed by atoms with Crippen molar-refractivity contribution in [3.05, 3.63) is 0 Å². The molecule has 0 aromatic carbocycles. The van der Waals surface area contributed by atoms with E-state index in [1.54, 1.807) is 0 Å². The molecule has 2 aliphatic heterocycles. The van der Waals surface area contributed by atoms with Gasteiger partial charge in [-0.25, -0.2) is 0 Å². The molecule has 1 aliphatic carbocycles. The van der Waals surface area contributed by atoms with Crippen LogP contribution in [0.4, 0.5) is 0 Å². The van der Waals surface area contributed by atoms with Crippen molar-refractivity contribution < 1.29 is 4.74 Å². The lowest BCUT2D eigenvalue weighted by Crippen LogP contribution is -2.59. The van der Waals surface area contributed by atoms with Crippen molar-refractivity contribution in [2.24, 2.45) is 5.92 Å². The smallest absolute Gasteiger partial charge is 0.0593 e. The predicted octanol–water partition coefficient (Wildman–Crippen LogP) is 2.36. The highest BCUT2D eigenvalue weighted by Gasteiger charge is 2.33. The van der Waals surface area contributed by atoms with Gasteiger partial charge in [0.1, 0.15) is 0 Å². The monoisotopic (exact) mass is 266 g/mol. The van der Waals surface area contributed by atoms with Crippen LogP contribution < -0.4 is 0 Å². The summed E-state index contributed by atoms with van der Waals surface area (Å²) in [6.45, 7) is 9.37. The Labute approximate surface area is 118 Å². The Morgan fingerprint density at radius 2 is 2.00 bits per heavy atom. The minimum Gasteiger partial charge on any atom is -0.380 e. The highest BCUT2D eigenvalue weighted by molar-refractivity contribution is 4.90. The minimum absolute atomic E-state index is 0.763. The van der Waals surface area contributed by atoms with E-state index in [9.17, 15) is 0 Å². The highest BCUT2D eigenvalue weighted by Crippen LogP contribution is 2.29. The SMILES string of the molecule is CCC1CN2CCCCC2CN1CCOCC1CC1. The number of piperidine rings is 1. The molecule has 2 heterocycles. The molecule has 3 fully saturated rings. The Kier molecular flexibility index (Phi) is 4.78. The second-order valence-electron chi connectivity index (χ2n) is 6.72. The topological polar surface area (TPSA) is 15.7 Å². The number of hydrogen-bond donors (Lipinski definition) is 0. The Morgan fingerprint density at radius 1 is 1.11 bits per heavy atom. The van der Waals surface area contributed by atoms with E-state index in [2.05, 4.69) is 16.7 Å². The van der Waals surface area contributed by atoms with Crippen molar-refractivity contribution in [1.82, 2.24) is 9.80 Å². The first-order valence-electron chi connectivity index (χ1n) is 8.42. The number of fused-ring (bicyclic) bond motifs is 1. The number of piperazine rings is 1. The van der Waals surface area contributed by atoms with E-state index in [0.717, 1.165) is 37.8 Å². The van der Waals surface area contributed by atoms with E-state index >= 15 is 0 Å². The lowest BCUT2D eigenvalue weighted by atomic mass is 9.96. The third kappa shape index (κ3) is 3.71. The third-order valence-corrected chi connectivity index (χ3v) is 5.20. The summed E-state index contributed by atoms with van der Waals surface area (Å²) >= 11 is 0. The average molecular weight is 266 g/mol. The number of ether oxygens (including phenoxy) is 1. The molecule has 110 valence electrons. The van der Waals surface area contributed by atoms with E-state index in [0.29, 0.717) is 0 Å². The van der Waals surface area contributed by atoms with Crippen LogP contribution in [0.1, 0.15) is 45.4 Å². The fourth-order valence-corrected chi connectivity index (χ4v) is 3.69. The molecule has 2 saturated heterocycles. The molecule has 0 spiro atoms. The summed E-state index contributed by atoms with van der Waals surface area (Å²) in [5, 5.41) is 0. The van der Waals surface area contributed by atoms with Crippen LogP contribution in [0, 0.1) is 5.92 Å². The van der Waals surface area contributed by atoms with Crippen molar-refractivity contribution in [2.45, 2.75) is 57.5 Å². The van der Waals surface area contributed by atoms with Gasteiger partial charge in [-0.05, 0) is 44.6 Å². The normalized spacial score (nSPS) is 33.3. The van der Waals surface area contributed by atoms with Crippen molar-refractivity contribution in [3.8, 4) is 0 Å². The van der Waals surface area contributed by atoms with Gasteiger partial charge >= 0.3 is 0 Å². The molecule has 3 rings (SSSR count). The minimum atomic E-state index is 0.763. The lowest BCUT2D eigenvalue weighted by Gasteiger charge is -2.48. The van der Waals surface area contributed by atoms with Crippen LogP contribution in [0.2, 0.25) is 0 Å². The zero-order valence-corrected chi connectivity index (χ0v) is 12.5. The van der Waals surface area contributed by atoms with E-state index in [1.165, 1.54) is 58.2 Å². The fourth-order valence-electron chi connectivity index (χ4n) is 3.69. The quantitative estimate of drug-likeness (QED) is 0.686. The van der Waals surface area contributed by atoms with Gasteiger partial charge in [-0.3, -0.25) is 9.80 Å². The predicted molar refractivity (Wildman–Crippen MR) is 78.4 cm³/mol. The van der Waals surface area contributed by atoms with Crippen LogP contribution in [-0.4, -0.2) is 61.3 Å². The molecule has 3 heteroatoms. The summed E-state index contributed by atoms with van der Waals surface area (Å²) in [6.07, 6.45) is 8.35. The van der Waals surface area contributed by atoms with Crippen molar-refractivity contribution in [1.29, 1.82) is 0 Å². The maximum absolute atomic E-state index is 5.83. The molecular weight excluding hydrogens is 236 g/mol. The molecule has 0 aromatic rings. The first-order valence-corrected chi connectivity index (χ1v) is 8.42. The van der Waals surface area contributed by atoms with Gasteiger partial charge in [-0.1, -0.05) is 13.3 Å². The lowest BCUT2D eigenvalue weighted by molar-refractivity contribution is -0.00835. The van der Waals surface area contributed by atoms with Gasteiger partial charge in [0.25, 0.3) is 0 Å². The van der Waals surface area contributed by atoms with Crippen LogP contribution in [0.25, 0.3) is 0 Å². The summed E-state index contributed by atoms with van der Waals surface area (Å²) in [5.74, 6) is 0.900. The summed E-state index contributed by atoms with van der Waals surface area (Å²) in [7, 11) is 0. The van der Waals surface area contributed by atoms with Gasteiger partial charge in [-0.2, -0.15) is 0 Å². The summed E-state index contributed by atoms with van der Waals surface area (Å²) in [6, 6.07) is 1.60. The van der Waals surface area contributed by atoms with Crippen molar-refractivity contribution >= 4 is 0 Å². The van der Waals surface area contributed by atoms with E-state index in [1.807, 2.05) is 0 Å². The summed E-state index contributed by atoms with van der Waals surface area (Å²) < 4.78 is 5.83. The molecule has 1 saturated carbocycles. The summed E-state index contributed by atoms with van der Waals surface area (Å²) in [5.41, 5.74) is 0. The van der Waals surface area contributed by atoms with Crippen LogP contribution in [0.5, 0.6) is 0 Å². The molecule has 3 nitrogen and oxygen atoms in total. The van der Waals surface area contributed by atoms with Gasteiger partial charge in [0.05, 0.1) is 6.61 Å². The second kappa shape index (κ2) is 6.55. The molecular formula is C16H30N2O. The standard InChI is InChI=1S/C16H30N2O/c1-2-15-11-17-8-4-3-5-16(17)12-18(15)9-10-19-13-14-6-7-14/h14-16H,2-13H2,1H3. The van der Waals surface area contributed by atoms with E-state index in [4.69, 9.17) is 4.74 Å². The van der Waals surface area contributed by atoms with Gasteiger partial charge in [0.2, 0.25) is 0 Å². The van der Waals surface area contributed by atoms with Gasteiger partial charge in [0.15, 0.2) is 0 Å². The Balaban J connectivity index is 1.44. The van der Waals surface area contributed by atoms with E-state index < -0.39 is 0 Å². The Hall–Kier alpha value is -0.120. The second-order valence-corrected chi connectivity index (χ2v) is 6.72. The fraction of sp³-hybridized carbons (Fsp3) is 1.00. The van der Waals surface area contributed by atoms with Crippen molar-refractivity contribution in [3.63, 3.8) is 0 Å². The Bertz CT molecular complexity index is 280. The van der Waals surface area contributed by atoms with Crippen LogP contribution >= 0.6 is 0 Å². The molecule has 19 heavy (non-hydrogen) atoms. The zero-order chi connectivity index (χ0) is 13.1. The number of hydrogen-bond acceptors (Lipinski definition) is 3. The van der Waals surface area contributed by atoms with Crippen molar-refractivity contribution in [2.75, 3.05) is 39.4 Å². The summed E-state index contributed by atoms with van der Waals surface area (Å²) in [4.78, 5) is 5.46. The van der Waals surface area contributed by atoms with Gasteiger partial charge < -0.3 is 4.74 Å². The molecule has 3 aliphatic rings. The maximum Gasteiger partial charge on any atom is 0.0593 e. The molecule has 0 radical (unpaired) electrons. The van der Waals surface area contributed by atoms with Gasteiger partial charge in [-0.15, -0.1) is 0 Å². The van der Waals surface area contributed by atoms with Crippen LogP contribution in [0.3, 0.4) is 0 Å². The average Bonchev–Trinajstić information content (AvgIpc) is 3.27. The first-order chi connectivity index (χ1) is 9.36. The molecule has 2 unspecified atom stereocenters. The first kappa shape index (κ1) is 13.8. The molecule has 2 atom stereocenters. The molecule has 0 bridgehead atoms. The molecule has 0 N–H and O–H groups in total. The maximum atomic E-state index is 5.83. The van der Waals surface area contributed by atoms with Crippen LogP contribution in [0.15, 0.2) is 0 Å². The largest absolute Gasteiger partial charge is 0.380 e. The molecule has 0 amide bonds. The van der Waals surface area contributed by atoms with Gasteiger partial charge in [0, 0.05) is 38.3 Å².